The zero-order chi connectivity index (χ0) is 22.2. The molecule has 8 heteroatoms. The Morgan fingerprint density at radius 3 is 2.59 bits per heavy atom. The Labute approximate surface area is 184 Å². The molecule has 0 spiro atoms. The molecule has 1 saturated heterocycles. The summed E-state index contributed by atoms with van der Waals surface area (Å²) in [6, 6.07) is 15.4. The maximum Gasteiger partial charge on any atom is 0.322 e. The molecule has 0 aliphatic carbocycles. The number of carbonyl (C=O) groups is 2. The van der Waals surface area contributed by atoms with Crippen LogP contribution in [0.5, 0.6) is 0 Å². The molecule has 0 radical (unpaired) electrons. The van der Waals surface area contributed by atoms with E-state index in [4.69, 9.17) is 0 Å². The minimum absolute atomic E-state index is 0.0897. The fraction of sp³-hybridized carbons (Fsp3) is 0.208. The Morgan fingerprint density at radius 2 is 1.88 bits per heavy atom. The summed E-state index contributed by atoms with van der Waals surface area (Å²) in [6.07, 6.45) is 3.13. The van der Waals surface area contributed by atoms with Gasteiger partial charge in [0.25, 0.3) is 5.91 Å². The summed E-state index contributed by atoms with van der Waals surface area (Å²) in [6.45, 7) is 0.0889. The van der Waals surface area contributed by atoms with Crippen molar-refractivity contribution in [3.8, 4) is 0 Å². The van der Waals surface area contributed by atoms with Crippen LogP contribution < -0.4 is 10.2 Å². The van der Waals surface area contributed by atoms with Crippen LogP contribution in [0.2, 0.25) is 0 Å². The summed E-state index contributed by atoms with van der Waals surface area (Å²) < 4.78 is 13.2. The molecule has 32 heavy (non-hydrogen) atoms. The number of halogens is 1. The molecule has 2 aromatic carbocycles. The average Bonchev–Trinajstić information content (AvgIpc) is 2.81. The van der Waals surface area contributed by atoms with Crippen molar-refractivity contribution in [2.75, 3.05) is 23.4 Å². The van der Waals surface area contributed by atoms with Crippen molar-refractivity contribution < 1.29 is 19.1 Å². The van der Waals surface area contributed by atoms with Gasteiger partial charge in [-0.1, -0.05) is 18.2 Å². The van der Waals surface area contributed by atoms with Crippen LogP contribution in [-0.2, 0) is 0 Å². The molecule has 2 aliphatic heterocycles. The van der Waals surface area contributed by atoms with Gasteiger partial charge in [-0.05, 0) is 48.0 Å². The second kappa shape index (κ2) is 8.05. The molecular formula is C24H21FN4O3. The number of aliphatic hydroxyl groups excluding tert-OH is 1. The molecule has 2 aliphatic rings. The molecule has 162 valence electrons. The Morgan fingerprint density at radius 1 is 1.09 bits per heavy atom. The van der Waals surface area contributed by atoms with E-state index < -0.39 is 17.9 Å². The van der Waals surface area contributed by atoms with Gasteiger partial charge in [-0.15, -0.1) is 0 Å². The topological polar surface area (TPSA) is 85.8 Å². The molecular weight excluding hydrogens is 411 g/mol. The monoisotopic (exact) mass is 432 g/mol. The van der Waals surface area contributed by atoms with E-state index in [1.54, 1.807) is 28.1 Å². The number of fused-ring (bicyclic) bond motifs is 3. The zero-order valence-electron chi connectivity index (χ0n) is 17.1. The third-order valence-electron chi connectivity index (χ3n) is 6.17. The quantitative estimate of drug-likeness (QED) is 0.665. The minimum atomic E-state index is -0.419. The van der Waals surface area contributed by atoms with Crippen LogP contribution in [0.4, 0.5) is 20.6 Å². The van der Waals surface area contributed by atoms with Crippen molar-refractivity contribution in [3.05, 3.63) is 90.0 Å². The third-order valence-corrected chi connectivity index (χ3v) is 6.17. The number of hydrogen-bond donors (Lipinski definition) is 2. The van der Waals surface area contributed by atoms with Crippen LogP contribution in [-0.4, -0.2) is 52.2 Å². The Bertz CT molecular complexity index is 1160. The van der Waals surface area contributed by atoms with Gasteiger partial charge in [0, 0.05) is 36.2 Å². The Hall–Kier alpha value is -3.78. The number of urea groups is 1. The van der Waals surface area contributed by atoms with Gasteiger partial charge in [-0.3, -0.25) is 9.78 Å². The molecule has 3 aromatic rings. The maximum absolute atomic E-state index is 13.3. The highest BCUT2D eigenvalue weighted by molar-refractivity contribution is 6.07. The van der Waals surface area contributed by atoms with E-state index in [9.17, 15) is 19.1 Å². The van der Waals surface area contributed by atoms with Crippen LogP contribution in [0.15, 0.2) is 73.1 Å². The first-order valence-corrected chi connectivity index (χ1v) is 10.3. The number of anilines is 2. The number of para-hydroxylation sites is 1. The maximum atomic E-state index is 13.3. The number of amides is 3. The van der Waals surface area contributed by atoms with Crippen LogP contribution >= 0.6 is 0 Å². The van der Waals surface area contributed by atoms with Crippen LogP contribution in [0.1, 0.15) is 21.8 Å². The SMILES string of the molecule is O=C(c1cccnc1)N1C[C@H]2[C@@H](c3ccccc31)[C@H](CO)N2C(=O)Nc1ccc(F)cc1. The van der Waals surface area contributed by atoms with Gasteiger partial charge in [0.15, 0.2) is 0 Å². The molecule has 0 bridgehead atoms. The van der Waals surface area contributed by atoms with Crippen molar-refractivity contribution in [1.82, 2.24) is 9.88 Å². The number of nitrogens with one attached hydrogen (secondary N) is 1. The standard InChI is InChI=1S/C24H21FN4O3/c25-16-7-9-17(10-8-16)27-24(32)29-20-13-28(23(31)15-4-3-11-26-12-15)19-6-2-1-5-18(19)22(20)21(29)14-30/h1-12,20-22,30H,13-14H2,(H,27,32)/t20-,21-,22+/m0/s1. The predicted octanol–water partition coefficient (Wildman–Crippen LogP) is 3.24. The summed E-state index contributed by atoms with van der Waals surface area (Å²) in [4.78, 5) is 33.6. The van der Waals surface area contributed by atoms with Gasteiger partial charge in [0.05, 0.1) is 24.3 Å². The molecule has 1 fully saturated rings. The summed E-state index contributed by atoms with van der Waals surface area (Å²) >= 11 is 0. The van der Waals surface area contributed by atoms with Crippen molar-refractivity contribution in [3.63, 3.8) is 0 Å². The molecule has 5 rings (SSSR count). The lowest BCUT2D eigenvalue weighted by Gasteiger charge is -2.58. The van der Waals surface area contributed by atoms with Gasteiger partial charge in [0.1, 0.15) is 5.82 Å². The molecule has 0 saturated carbocycles. The molecule has 3 atom stereocenters. The van der Waals surface area contributed by atoms with E-state index in [1.165, 1.54) is 30.5 Å². The predicted molar refractivity (Wildman–Crippen MR) is 117 cm³/mol. The largest absolute Gasteiger partial charge is 0.394 e. The average molecular weight is 432 g/mol. The number of hydrogen-bond acceptors (Lipinski definition) is 4. The zero-order valence-corrected chi connectivity index (χ0v) is 17.1. The lowest BCUT2D eigenvalue weighted by molar-refractivity contribution is -0.00265. The van der Waals surface area contributed by atoms with E-state index >= 15 is 0 Å². The van der Waals surface area contributed by atoms with Crippen LogP contribution in [0, 0.1) is 5.82 Å². The van der Waals surface area contributed by atoms with Gasteiger partial charge in [0.2, 0.25) is 0 Å². The van der Waals surface area contributed by atoms with Crippen molar-refractivity contribution in [2.45, 2.75) is 18.0 Å². The van der Waals surface area contributed by atoms with Gasteiger partial charge >= 0.3 is 6.03 Å². The number of likely N-dealkylation sites (tertiary alicyclic amines) is 1. The second-order valence-electron chi connectivity index (χ2n) is 7.90. The highest BCUT2D eigenvalue weighted by atomic mass is 19.1. The van der Waals surface area contributed by atoms with Gasteiger partial charge < -0.3 is 20.2 Å². The first-order valence-electron chi connectivity index (χ1n) is 10.3. The van der Waals surface area contributed by atoms with Gasteiger partial charge in [-0.2, -0.15) is 0 Å². The number of pyridine rings is 1. The van der Waals surface area contributed by atoms with E-state index in [1.807, 2.05) is 24.3 Å². The Balaban J connectivity index is 1.46. The third kappa shape index (κ3) is 3.29. The van der Waals surface area contributed by atoms with E-state index in [-0.39, 0.29) is 24.5 Å². The van der Waals surface area contributed by atoms with E-state index in [2.05, 4.69) is 10.3 Å². The lowest BCUT2D eigenvalue weighted by Crippen LogP contribution is -2.71. The minimum Gasteiger partial charge on any atom is -0.394 e. The van der Waals surface area contributed by atoms with Gasteiger partial charge in [-0.25, -0.2) is 9.18 Å². The van der Waals surface area contributed by atoms with Crippen LogP contribution in [0.3, 0.4) is 0 Å². The normalized spacial score (nSPS) is 21.2. The lowest BCUT2D eigenvalue weighted by atomic mass is 9.72. The summed E-state index contributed by atoms with van der Waals surface area (Å²) in [7, 11) is 0. The molecule has 3 heterocycles. The highest BCUT2D eigenvalue weighted by Crippen LogP contribution is 2.48. The fourth-order valence-corrected chi connectivity index (χ4v) is 4.73. The second-order valence-corrected chi connectivity index (χ2v) is 7.90. The van der Waals surface area contributed by atoms with E-state index in [0.717, 1.165) is 11.3 Å². The van der Waals surface area contributed by atoms with Crippen molar-refractivity contribution >= 4 is 23.3 Å². The van der Waals surface area contributed by atoms with Crippen LogP contribution in [0.25, 0.3) is 0 Å². The summed E-state index contributed by atoms with van der Waals surface area (Å²) in [5.74, 6) is -0.683. The number of aliphatic hydroxyl groups is 1. The van der Waals surface area contributed by atoms with E-state index in [0.29, 0.717) is 17.8 Å². The number of nitrogens with zero attached hydrogens (tertiary/aromatic N) is 3. The first kappa shape index (κ1) is 20.1. The summed E-state index contributed by atoms with van der Waals surface area (Å²) in [5.41, 5.74) is 2.61. The number of carbonyl (C=O) groups excluding carboxylic acids is 2. The molecule has 0 unspecified atom stereocenters. The number of rotatable bonds is 3. The number of aromatic nitrogens is 1. The fourth-order valence-electron chi connectivity index (χ4n) is 4.73. The number of benzene rings is 2. The molecule has 3 amide bonds. The smallest absolute Gasteiger partial charge is 0.322 e. The molecule has 1 aromatic heterocycles. The molecule has 2 N–H and O–H groups in total. The summed E-state index contributed by atoms with van der Waals surface area (Å²) in [5, 5.41) is 12.8. The molecule has 7 nitrogen and oxygen atoms in total. The Kier molecular flexibility index (Phi) is 5.07. The first-order chi connectivity index (χ1) is 15.6. The van der Waals surface area contributed by atoms with Crippen molar-refractivity contribution in [2.24, 2.45) is 0 Å². The van der Waals surface area contributed by atoms with Crippen molar-refractivity contribution in [1.29, 1.82) is 0 Å². The highest BCUT2D eigenvalue weighted by Gasteiger charge is 2.55.